The van der Waals surface area contributed by atoms with E-state index in [1.807, 2.05) is 25.1 Å². The Hall–Kier alpha value is -1.62. The van der Waals surface area contributed by atoms with Gasteiger partial charge in [-0.1, -0.05) is 22.0 Å². The van der Waals surface area contributed by atoms with E-state index in [0.29, 0.717) is 5.56 Å². The second-order valence-electron chi connectivity index (χ2n) is 3.99. The first kappa shape index (κ1) is 12.8. The first-order chi connectivity index (χ1) is 8.52. The Morgan fingerprint density at radius 3 is 2.78 bits per heavy atom. The quantitative estimate of drug-likeness (QED) is 0.538. The van der Waals surface area contributed by atoms with Crippen molar-refractivity contribution in [3.63, 3.8) is 0 Å². The number of hydrogen-bond donors (Lipinski definition) is 1. The van der Waals surface area contributed by atoms with E-state index in [4.69, 9.17) is 0 Å². The van der Waals surface area contributed by atoms with Crippen LogP contribution in [-0.4, -0.2) is 23.8 Å². The number of halogens is 1. The smallest absolute Gasteiger partial charge is 0.313 e. The topological polar surface area (TPSA) is 59.2 Å². The molecule has 5 heteroatoms. The van der Waals surface area contributed by atoms with Gasteiger partial charge in [0.05, 0.1) is 7.11 Å². The molecular formula is C13H12BrNO3. The zero-order chi connectivity index (χ0) is 13.3. The van der Waals surface area contributed by atoms with E-state index in [9.17, 15) is 9.59 Å². The van der Waals surface area contributed by atoms with Crippen molar-refractivity contribution in [2.24, 2.45) is 0 Å². The molecule has 0 fully saturated rings. The van der Waals surface area contributed by atoms with E-state index in [1.54, 1.807) is 0 Å². The van der Waals surface area contributed by atoms with Crippen LogP contribution in [0.15, 0.2) is 22.7 Å². The average Bonchev–Trinajstić information content (AvgIpc) is 2.63. The van der Waals surface area contributed by atoms with E-state index < -0.39 is 5.97 Å². The Labute approximate surface area is 112 Å². The summed E-state index contributed by atoms with van der Waals surface area (Å²) in [4.78, 5) is 26.4. The molecule has 0 saturated carbocycles. The maximum absolute atomic E-state index is 12.1. The molecular weight excluding hydrogens is 298 g/mol. The molecule has 0 aliphatic heterocycles. The molecule has 0 saturated heterocycles. The Morgan fingerprint density at radius 2 is 2.11 bits per heavy atom. The number of carbonyl (C=O) groups is 2. The van der Waals surface area contributed by atoms with Crippen LogP contribution in [0.2, 0.25) is 0 Å². The molecule has 0 spiro atoms. The Kier molecular flexibility index (Phi) is 3.52. The van der Waals surface area contributed by atoms with Crippen molar-refractivity contribution in [3.8, 4) is 0 Å². The Balaban J connectivity index is 2.47. The molecule has 1 N–H and O–H groups in total. The van der Waals surface area contributed by atoms with Crippen LogP contribution in [-0.2, 0) is 9.53 Å². The van der Waals surface area contributed by atoms with Crippen molar-refractivity contribution in [1.82, 2.24) is 4.98 Å². The number of ether oxygens (including phenoxy) is 1. The van der Waals surface area contributed by atoms with Crippen LogP contribution in [0.4, 0.5) is 0 Å². The lowest BCUT2D eigenvalue weighted by Gasteiger charge is -2.00. The number of benzene rings is 1. The third-order valence-corrected chi connectivity index (χ3v) is 3.25. The number of methoxy groups -OCH3 is 1. The monoisotopic (exact) mass is 309 g/mol. The summed E-state index contributed by atoms with van der Waals surface area (Å²) in [7, 11) is 1.27. The number of aromatic nitrogens is 1. The van der Waals surface area contributed by atoms with E-state index >= 15 is 0 Å². The predicted octanol–water partition coefficient (Wildman–Crippen LogP) is 2.98. The fraction of sp³-hybridized carbons (Fsp3) is 0.231. The summed E-state index contributed by atoms with van der Waals surface area (Å²) >= 11 is 3.38. The summed E-state index contributed by atoms with van der Waals surface area (Å²) in [6, 6.07) is 5.62. The van der Waals surface area contributed by atoms with Crippen molar-refractivity contribution < 1.29 is 14.3 Å². The lowest BCUT2D eigenvalue weighted by Crippen LogP contribution is -2.10. The number of nitrogens with one attached hydrogen (secondary N) is 1. The highest BCUT2D eigenvalue weighted by Crippen LogP contribution is 2.26. The van der Waals surface area contributed by atoms with Gasteiger partial charge in [0.15, 0.2) is 5.78 Å². The van der Waals surface area contributed by atoms with Crippen molar-refractivity contribution >= 4 is 38.6 Å². The minimum absolute atomic E-state index is 0.229. The zero-order valence-electron chi connectivity index (χ0n) is 10.0. The number of carbonyl (C=O) groups excluding carboxylic acids is 2. The van der Waals surface area contributed by atoms with Crippen molar-refractivity contribution in [1.29, 1.82) is 0 Å². The predicted molar refractivity (Wildman–Crippen MR) is 71.7 cm³/mol. The number of ketones is 1. The van der Waals surface area contributed by atoms with E-state index in [2.05, 4.69) is 25.7 Å². The number of esters is 1. The maximum Gasteiger partial charge on any atom is 0.313 e. The SMILES string of the molecule is COC(=O)CC(=O)c1c(C)[nH]c2cc(Br)ccc12. The van der Waals surface area contributed by atoms with Crippen molar-refractivity contribution in [3.05, 3.63) is 33.9 Å². The molecule has 0 aliphatic rings. The molecule has 0 radical (unpaired) electrons. The van der Waals surface area contributed by atoms with Gasteiger partial charge in [-0.05, 0) is 19.1 Å². The number of Topliss-reactive ketones (excluding diaryl/α,β-unsaturated/α-hetero) is 1. The molecule has 4 nitrogen and oxygen atoms in total. The molecule has 0 amide bonds. The second-order valence-corrected chi connectivity index (χ2v) is 4.91. The molecule has 2 rings (SSSR count). The minimum atomic E-state index is -0.522. The van der Waals surface area contributed by atoms with Crippen LogP contribution in [0.5, 0.6) is 0 Å². The van der Waals surface area contributed by atoms with Gasteiger partial charge in [0.2, 0.25) is 0 Å². The fourth-order valence-corrected chi connectivity index (χ4v) is 2.32. The molecule has 1 heterocycles. The van der Waals surface area contributed by atoms with Gasteiger partial charge in [0, 0.05) is 26.6 Å². The molecule has 0 atom stereocenters. The van der Waals surface area contributed by atoms with Crippen LogP contribution < -0.4 is 0 Å². The lowest BCUT2D eigenvalue weighted by atomic mass is 10.0. The molecule has 1 aromatic heterocycles. The van der Waals surface area contributed by atoms with Crippen LogP contribution >= 0.6 is 15.9 Å². The van der Waals surface area contributed by atoms with E-state index in [1.165, 1.54) is 7.11 Å². The molecule has 94 valence electrons. The molecule has 1 aromatic carbocycles. The average molecular weight is 310 g/mol. The van der Waals surface area contributed by atoms with Crippen LogP contribution in [0, 0.1) is 6.92 Å². The summed E-state index contributed by atoms with van der Waals surface area (Å²) < 4.78 is 5.45. The summed E-state index contributed by atoms with van der Waals surface area (Å²) in [5.74, 6) is -0.751. The Bertz CT molecular complexity index is 630. The van der Waals surface area contributed by atoms with Gasteiger partial charge in [-0.2, -0.15) is 0 Å². The summed E-state index contributed by atoms with van der Waals surface area (Å²) in [5.41, 5.74) is 2.19. The molecule has 18 heavy (non-hydrogen) atoms. The molecule has 0 bridgehead atoms. The largest absolute Gasteiger partial charge is 0.469 e. The first-order valence-electron chi connectivity index (χ1n) is 5.40. The number of hydrogen-bond acceptors (Lipinski definition) is 3. The first-order valence-corrected chi connectivity index (χ1v) is 6.20. The summed E-state index contributed by atoms with van der Waals surface area (Å²) in [6.45, 7) is 1.82. The van der Waals surface area contributed by atoms with Crippen molar-refractivity contribution in [2.45, 2.75) is 13.3 Å². The second kappa shape index (κ2) is 4.94. The third-order valence-electron chi connectivity index (χ3n) is 2.76. The zero-order valence-corrected chi connectivity index (χ0v) is 11.6. The highest BCUT2D eigenvalue weighted by atomic mass is 79.9. The standard InChI is InChI=1S/C13H12BrNO3/c1-7-13(11(16)6-12(17)18-2)9-4-3-8(14)5-10(9)15-7/h3-5,15H,6H2,1-2H3. The highest BCUT2D eigenvalue weighted by molar-refractivity contribution is 9.10. The molecule has 2 aromatic rings. The van der Waals surface area contributed by atoms with Gasteiger partial charge in [0.25, 0.3) is 0 Å². The number of fused-ring (bicyclic) bond motifs is 1. The van der Waals surface area contributed by atoms with Gasteiger partial charge in [-0.15, -0.1) is 0 Å². The van der Waals surface area contributed by atoms with E-state index in [0.717, 1.165) is 21.1 Å². The fourth-order valence-electron chi connectivity index (χ4n) is 1.96. The van der Waals surface area contributed by atoms with Crippen LogP contribution in [0.1, 0.15) is 22.5 Å². The normalized spacial score (nSPS) is 10.6. The van der Waals surface area contributed by atoms with Gasteiger partial charge in [0.1, 0.15) is 6.42 Å². The number of aromatic amines is 1. The van der Waals surface area contributed by atoms with E-state index in [-0.39, 0.29) is 12.2 Å². The highest BCUT2D eigenvalue weighted by Gasteiger charge is 2.19. The lowest BCUT2D eigenvalue weighted by molar-refractivity contribution is -0.139. The van der Waals surface area contributed by atoms with Gasteiger partial charge < -0.3 is 9.72 Å². The minimum Gasteiger partial charge on any atom is -0.469 e. The van der Waals surface area contributed by atoms with Gasteiger partial charge in [-0.3, -0.25) is 9.59 Å². The van der Waals surface area contributed by atoms with Crippen molar-refractivity contribution in [2.75, 3.05) is 7.11 Å². The van der Waals surface area contributed by atoms with Crippen LogP contribution in [0.25, 0.3) is 10.9 Å². The maximum atomic E-state index is 12.1. The summed E-state index contributed by atoms with van der Waals surface area (Å²) in [6.07, 6.45) is -0.236. The number of rotatable bonds is 3. The summed E-state index contributed by atoms with van der Waals surface area (Å²) in [5, 5.41) is 0.824. The third kappa shape index (κ3) is 2.31. The molecule has 0 aliphatic carbocycles. The number of H-pyrrole nitrogens is 1. The van der Waals surface area contributed by atoms with Gasteiger partial charge in [-0.25, -0.2) is 0 Å². The number of aryl methyl sites for hydroxylation is 1. The Morgan fingerprint density at radius 1 is 1.39 bits per heavy atom. The van der Waals surface area contributed by atoms with Crippen LogP contribution in [0.3, 0.4) is 0 Å². The molecule has 0 unspecified atom stereocenters. The van der Waals surface area contributed by atoms with Gasteiger partial charge >= 0.3 is 5.97 Å².